The molecule has 1 unspecified atom stereocenters. The molecule has 2 aromatic heterocycles. The van der Waals surface area contributed by atoms with E-state index in [-0.39, 0.29) is 24.5 Å². The van der Waals surface area contributed by atoms with Crippen LogP contribution in [0.25, 0.3) is 11.4 Å². The van der Waals surface area contributed by atoms with E-state index >= 15 is 0 Å². The highest BCUT2D eigenvalue weighted by Gasteiger charge is 2.32. The molecule has 1 saturated heterocycles. The van der Waals surface area contributed by atoms with Gasteiger partial charge in [0.25, 0.3) is 5.91 Å². The van der Waals surface area contributed by atoms with Gasteiger partial charge in [-0.3, -0.25) is 9.59 Å². The number of likely N-dealkylation sites (tertiary alicyclic amines) is 1. The highest BCUT2D eigenvalue weighted by atomic mass is 16.5. The summed E-state index contributed by atoms with van der Waals surface area (Å²) in [6, 6.07) is 12.4. The fourth-order valence-electron chi connectivity index (χ4n) is 3.50. The smallest absolute Gasteiger partial charge is 0.261 e. The van der Waals surface area contributed by atoms with Crippen LogP contribution in [0.2, 0.25) is 0 Å². The predicted molar refractivity (Wildman–Crippen MR) is 112 cm³/mol. The molecule has 1 fully saturated rings. The first-order valence-corrected chi connectivity index (χ1v) is 10.1. The van der Waals surface area contributed by atoms with E-state index < -0.39 is 0 Å². The molecule has 9 heteroatoms. The Morgan fingerprint density at radius 3 is 2.77 bits per heavy atom. The zero-order valence-electron chi connectivity index (χ0n) is 17.2. The Morgan fingerprint density at radius 1 is 1.19 bits per heavy atom. The van der Waals surface area contributed by atoms with E-state index in [0.717, 1.165) is 19.3 Å². The van der Waals surface area contributed by atoms with Crippen LogP contribution in [-0.2, 0) is 9.59 Å². The number of aromatic nitrogens is 3. The molecule has 160 valence electrons. The van der Waals surface area contributed by atoms with E-state index in [1.807, 2.05) is 30.3 Å². The number of hydrogen-bond acceptors (Lipinski definition) is 7. The number of rotatable bonds is 6. The second-order valence-corrected chi connectivity index (χ2v) is 7.27. The Hall–Kier alpha value is -3.75. The van der Waals surface area contributed by atoms with Gasteiger partial charge in [-0.2, -0.15) is 4.98 Å². The summed E-state index contributed by atoms with van der Waals surface area (Å²) in [6.07, 6.45) is 4.21. The van der Waals surface area contributed by atoms with E-state index in [1.165, 1.54) is 6.92 Å². The van der Waals surface area contributed by atoms with Crippen LogP contribution < -0.4 is 10.1 Å². The molecule has 0 saturated carbocycles. The molecule has 9 nitrogen and oxygen atoms in total. The van der Waals surface area contributed by atoms with Gasteiger partial charge in [0.15, 0.2) is 6.61 Å². The summed E-state index contributed by atoms with van der Waals surface area (Å²) in [5.74, 6) is 1.57. The minimum Gasteiger partial charge on any atom is -0.484 e. The molecule has 1 aliphatic rings. The normalized spacial score (nSPS) is 16.0. The number of pyridine rings is 1. The second-order valence-electron chi connectivity index (χ2n) is 7.27. The third-order valence-corrected chi connectivity index (χ3v) is 4.98. The third-order valence-electron chi connectivity index (χ3n) is 4.98. The number of piperidine rings is 1. The fraction of sp³-hybridized carbons (Fsp3) is 0.318. The van der Waals surface area contributed by atoms with Crippen molar-refractivity contribution in [2.45, 2.75) is 32.2 Å². The van der Waals surface area contributed by atoms with E-state index in [4.69, 9.17) is 9.26 Å². The standard InChI is InChI=1S/C22H23N5O4/c1-15(28)24-19-11-10-16(13-23-19)21-25-22(31-26-21)18-9-5-6-12-27(18)20(29)14-30-17-7-3-2-4-8-17/h2-4,7-8,10-11,13,18H,5-6,9,12,14H2,1H3,(H,23,24,28). The van der Waals surface area contributed by atoms with Gasteiger partial charge >= 0.3 is 0 Å². The largest absolute Gasteiger partial charge is 0.484 e. The zero-order chi connectivity index (χ0) is 21.6. The van der Waals surface area contributed by atoms with Gasteiger partial charge in [-0.1, -0.05) is 23.4 Å². The van der Waals surface area contributed by atoms with E-state index in [2.05, 4.69) is 20.4 Å². The van der Waals surface area contributed by atoms with E-state index in [1.54, 1.807) is 23.2 Å². The van der Waals surface area contributed by atoms with Crippen molar-refractivity contribution in [2.24, 2.45) is 0 Å². The number of carbonyl (C=O) groups is 2. The number of hydrogen-bond donors (Lipinski definition) is 1. The molecular weight excluding hydrogens is 398 g/mol. The van der Waals surface area contributed by atoms with Gasteiger partial charge in [-0.25, -0.2) is 4.98 Å². The minimum atomic E-state index is -0.284. The Labute approximate surface area is 179 Å². The topological polar surface area (TPSA) is 110 Å². The lowest BCUT2D eigenvalue weighted by Gasteiger charge is -2.33. The van der Waals surface area contributed by atoms with Crippen molar-refractivity contribution >= 4 is 17.6 Å². The van der Waals surface area contributed by atoms with Crippen LogP contribution in [0, 0.1) is 0 Å². The van der Waals surface area contributed by atoms with Gasteiger partial charge in [0.05, 0.1) is 0 Å². The van der Waals surface area contributed by atoms with Crippen molar-refractivity contribution in [1.29, 1.82) is 0 Å². The van der Waals surface area contributed by atoms with Crippen LogP contribution in [0.1, 0.15) is 38.1 Å². The van der Waals surface area contributed by atoms with Gasteiger partial charge in [-0.15, -0.1) is 0 Å². The van der Waals surface area contributed by atoms with Crippen LogP contribution >= 0.6 is 0 Å². The maximum Gasteiger partial charge on any atom is 0.261 e. The highest BCUT2D eigenvalue weighted by molar-refractivity contribution is 5.87. The zero-order valence-corrected chi connectivity index (χ0v) is 17.2. The molecule has 31 heavy (non-hydrogen) atoms. The number of anilines is 1. The number of benzene rings is 1. The average molecular weight is 421 g/mol. The predicted octanol–water partition coefficient (Wildman–Crippen LogP) is 3.22. The van der Waals surface area contributed by atoms with Crippen molar-refractivity contribution < 1.29 is 18.8 Å². The lowest BCUT2D eigenvalue weighted by molar-refractivity contribution is -0.138. The lowest BCUT2D eigenvalue weighted by atomic mass is 10.0. The molecule has 0 aliphatic carbocycles. The SMILES string of the molecule is CC(=O)Nc1ccc(-c2noc(C3CCCCN3C(=O)COc3ccccc3)n2)cn1. The molecule has 1 aromatic carbocycles. The Morgan fingerprint density at radius 2 is 2.03 bits per heavy atom. The average Bonchev–Trinajstić information content (AvgIpc) is 3.28. The third kappa shape index (κ3) is 5.06. The van der Waals surface area contributed by atoms with Crippen molar-refractivity contribution in [3.63, 3.8) is 0 Å². The van der Waals surface area contributed by atoms with Gasteiger partial charge < -0.3 is 19.5 Å². The summed E-state index contributed by atoms with van der Waals surface area (Å²) in [7, 11) is 0. The maximum absolute atomic E-state index is 12.8. The van der Waals surface area contributed by atoms with Crippen molar-refractivity contribution in [2.75, 3.05) is 18.5 Å². The molecule has 1 atom stereocenters. The molecule has 4 rings (SSSR count). The number of nitrogens with zero attached hydrogens (tertiary/aromatic N) is 4. The maximum atomic E-state index is 12.8. The number of ether oxygens (including phenoxy) is 1. The minimum absolute atomic E-state index is 0.0456. The highest BCUT2D eigenvalue weighted by Crippen LogP contribution is 2.31. The first-order valence-electron chi connectivity index (χ1n) is 10.1. The first kappa shape index (κ1) is 20.5. The summed E-state index contributed by atoms with van der Waals surface area (Å²) in [5.41, 5.74) is 0.658. The van der Waals surface area contributed by atoms with E-state index in [9.17, 15) is 9.59 Å². The second kappa shape index (κ2) is 9.38. The van der Waals surface area contributed by atoms with Gasteiger partial charge in [0.1, 0.15) is 17.6 Å². The molecular formula is C22H23N5O4. The van der Waals surface area contributed by atoms with Crippen LogP contribution in [0.5, 0.6) is 5.75 Å². The van der Waals surface area contributed by atoms with Gasteiger partial charge in [0, 0.05) is 25.2 Å². The van der Waals surface area contributed by atoms with Crippen LogP contribution in [0.15, 0.2) is 53.2 Å². The molecule has 1 aliphatic heterocycles. The quantitative estimate of drug-likeness (QED) is 0.650. The van der Waals surface area contributed by atoms with Crippen LogP contribution in [-0.4, -0.2) is 45.0 Å². The Kier molecular flexibility index (Phi) is 6.21. The molecule has 0 bridgehead atoms. The number of nitrogens with one attached hydrogen (secondary N) is 1. The number of carbonyl (C=O) groups excluding carboxylic acids is 2. The number of amides is 2. The lowest BCUT2D eigenvalue weighted by Crippen LogP contribution is -2.41. The Balaban J connectivity index is 1.45. The summed E-state index contributed by atoms with van der Waals surface area (Å²) >= 11 is 0. The molecule has 1 N–H and O–H groups in total. The number of para-hydroxylation sites is 1. The van der Waals surface area contributed by atoms with Crippen molar-refractivity contribution in [1.82, 2.24) is 20.0 Å². The molecule has 0 spiro atoms. The van der Waals surface area contributed by atoms with Crippen molar-refractivity contribution in [3.05, 3.63) is 54.6 Å². The van der Waals surface area contributed by atoms with Crippen LogP contribution in [0.3, 0.4) is 0 Å². The molecule has 2 amide bonds. The summed E-state index contributed by atoms with van der Waals surface area (Å²) < 4.78 is 11.1. The van der Waals surface area contributed by atoms with Crippen molar-refractivity contribution in [3.8, 4) is 17.1 Å². The fourth-order valence-corrected chi connectivity index (χ4v) is 3.50. The van der Waals surface area contributed by atoms with E-state index in [0.29, 0.717) is 35.4 Å². The summed E-state index contributed by atoms with van der Waals surface area (Å²) in [4.78, 5) is 34.4. The Bertz CT molecular complexity index is 1040. The summed E-state index contributed by atoms with van der Waals surface area (Å²) in [5, 5.41) is 6.67. The van der Waals surface area contributed by atoms with Crippen LogP contribution in [0.4, 0.5) is 5.82 Å². The molecule has 0 radical (unpaired) electrons. The monoisotopic (exact) mass is 421 g/mol. The molecule has 3 aromatic rings. The first-order chi connectivity index (χ1) is 15.1. The van der Waals surface area contributed by atoms with Gasteiger partial charge in [-0.05, 0) is 43.5 Å². The molecule has 3 heterocycles. The van der Waals surface area contributed by atoms with Gasteiger partial charge in [0.2, 0.25) is 17.6 Å². The summed E-state index contributed by atoms with van der Waals surface area (Å²) in [6.45, 7) is 1.99.